The minimum Gasteiger partial charge on any atom is -0.443 e. The van der Waals surface area contributed by atoms with Crippen LogP contribution in [0.4, 0.5) is 4.79 Å². The number of aliphatic hydroxyl groups is 1. The van der Waals surface area contributed by atoms with Crippen molar-refractivity contribution < 1.29 is 14.6 Å². The average molecular weight is 317 g/mol. The molecule has 4 nitrogen and oxygen atoms in total. The van der Waals surface area contributed by atoms with Crippen molar-refractivity contribution in [1.82, 2.24) is 4.31 Å². The van der Waals surface area contributed by atoms with Crippen LogP contribution in [0.1, 0.15) is 60.3 Å². The fourth-order valence-electron chi connectivity index (χ4n) is 1.72. The molecule has 5 heteroatoms. The van der Waals surface area contributed by atoms with E-state index in [0.29, 0.717) is 0 Å². The van der Waals surface area contributed by atoms with E-state index in [1.165, 1.54) is 31.2 Å². The first kappa shape index (κ1) is 20.3. The molecule has 0 aromatic carbocycles. The molecule has 0 aromatic rings. The van der Waals surface area contributed by atoms with Gasteiger partial charge >= 0.3 is 6.09 Å². The van der Waals surface area contributed by atoms with Gasteiger partial charge in [0.2, 0.25) is 0 Å². The zero-order valence-corrected chi connectivity index (χ0v) is 14.9. The Morgan fingerprint density at radius 1 is 1.33 bits per heavy atom. The molecule has 0 aliphatic rings. The number of amides is 1. The molecule has 1 amide bonds. The molecular formula is C16H31NO3S. The summed E-state index contributed by atoms with van der Waals surface area (Å²) in [5.74, 6) is 0.854. The predicted octanol–water partition coefficient (Wildman–Crippen LogP) is 4.39. The van der Waals surface area contributed by atoms with Crippen LogP contribution in [0, 0.1) is 0 Å². The lowest BCUT2D eigenvalue weighted by molar-refractivity contribution is 0.0346. The lowest BCUT2D eigenvalue weighted by atomic mass is 10.2. The van der Waals surface area contributed by atoms with Crippen LogP contribution in [0.5, 0.6) is 0 Å². The van der Waals surface area contributed by atoms with E-state index in [0.717, 1.165) is 12.2 Å². The van der Waals surface area contributed by atoms with E-state index in [1.807, 2.05) is 39.8 Å². The standard InChI is InChI=1S/C16H31NO3S/c1-6-8-9-10-12-21-17(14(13-18)11-7-2)15(19)20-16(3,4)5/h7,11,14,18H,6,8-10,12-13H2,1-5H3/b11-7+/t14-/m1/s1. The van der Waals surface area contributed by atoms with Crippen LogP contribution < -0.4 is 0 Å². The van der Waals surface area contributed by atoms with Gasteiger partial charge in [0, 0.05) is 5.75 Å². The Hall–Kier alpha value is -0.680. The Morgan fingerprint density at radius 2 is 2.00 bits per heavy atom. The van der Waals surface area contributed by atoms with Crippen LogP contribution in [-0.2, 0) is 4.74 Å². The van der Waals surface area contributed by atoms with Crippen LogP contribution in [0.25, 0.3) is 0 Å². The number of carbonyl (C=O) groups excluding carboxylic acids is 1. The molecule has 0 aromatic heterocycles. The van der Waals surface area contributed by atoms with Gasteiger partial charge in [-0.2, -0.15) is 0 Å². The fraction of sp³-hybridized carbons (Fsp3) is 0.812. The summed E-state index contributed by atoms with van der Waals surface area (Å²) in [5, 5.41) is 9.50. The second kappa shape index (κ2) is 11.0. The second-order valence-electron chi connectivity index (χ2n) is 5.98. The normalized spacial score (nSPS) is 13.4. The Kier molecular flexibility index (Phi) is 10.6. The van der Waals surface area contributed by atoms with Gasteiger partial charge in [-0.05, 0) is 46.1 Å². The Balaban J connectivity index is 4.64. The van der Waals surface area contributed by atoms with Gasteiger partial charge in [0.1, 0.15) is 5.60 Å². The molecule has 0 unspecified atom stereocenters. The lowest BCUT2D eigenvalue weighted by Gasteiger charge is -2.30. The van der Waals surface area contributed by atoms with Crippen molar-refractivity contribution in [1.29, 1.82) is 0 Å². The highest BCUT2D eigenvalue weighted by Gasteiger charge is 2.27. The van der Waals surface area contributed by atoms with E-state index in [2.05, 4.69) is 6.92 Å². The van der Waals surface area contributed by atoms with Gasteiger partial charge in [-0.25, -0.2) is 9.10 Å². The molecule has 0 aliphatic carbocycles. The highest BCUT2D eigenvalue weighted by molar-refractivity contribution is 7.97. The second-order valence-corrected chi connectivity index (χ2v) is 7.04. The summed E-state index contributed by atoms with van der Waals surface area (Å²) in [4.78, 5) is 12.3. The van der Waals surface area contributed by atoms with Crippen molar-refractivity contribution in [2.45, 2.75) is 71.9 Å². The molecule has 21 heavy (non-hydrogen) atoms. The zero-order valence-electron chi connectivity index (χ0n) is 14.1. The van der Waals surface area contributed by atoms with Gasteiger partial charge in [-0.3, -0.25) is 0 Å². The van der Waals surface area contributed by atoms with E-state index >= 15 is 0 Å². The predicted molar refractivity (Wildman–Crippen MR) is 90.4 cm³/mol. The number of hydrogen-bond donors (Lipinski definition) is 1. The van der Waals surface area contributed by atoms with Crippen molar-refractivity contribution in [3.8, 4) is 0 Å². The quantitative estimate of drug-likeness (QED) is 0.389. The largest absolute Gasteiger partial charge is 0.443 e. The maximum absolute atomic E-state index is 12.3. The lowest BCUT2D eigenvalue weighted by Crippen LogP contribution is -2.40. The fourth-order valence-corrected chi connectivity index (χ4v) is 2.72. The third-order valence-electron chi connectivity index (χ3n) is 2.70. The molecule has 0 fully saturated rings. The number of carbonyl (C=O) groups is 1. The third-order valence-corrected chi connectivity index (χ3v) is 3.87. The summed E-state index contributed by atoms with van der Waals surface area (Å²) in [6, 6.07) is -0.346. The van der Waals surface area contributed by atoms with E-state index in [4.69, 9.17) is 4.74 Å². The summed E-state index contributed by atoms with van der Waals surface area (Å²) < 4.78 is 6.98. The molecule has 0 saturated carbocycles. The Labute approximate surface area is 134 Å². The van der Waals surface area contributed by atoms with Crippen LogP contribution in [0.2, 0.25) is 0 Å². The molecule has 1 atom stereocenters. The molecule has 0 spiro atoms. The molecule has 0 saturated heterocycles. The minimum atomic E-state index is -0.534. The van der Waals surface area contributed by atoms with Crippen molar-refractivity contribution in [2.24, 2.45) is 0 Å². The summed E-state index contributed by atoms with van der Waals surface area (Å²) in [7, 11) is 0. The monoisotopic (exact) mass is 317 g/mol. The molecule has 0 aliphatic heterocycles. The summed E-state index contributed by atoms with van der Waals surface area (Å²) in [5.41, 5.74) is -0.534. The van der Waals surface area contributed by atoms with E-state index < -0.39 is 5.60 Å². The SMILES string of the molecule is C/C=C/[C@H](CO)N(SCCCCCC)C(=O)OC(C)(C)C. The number of aliphatic hydroxyl groups excluding tert-OH is 1. The number of nitrogens with zero attached hydrogens (tertiary/aromatic N) is 1. The Bertz CT molecular complexity index is 313. The smallest absolute Gasteiger partial charge is 0.421 e. The molecule has 0 rings (SSSR count). The third kappa shape index (κ3) is 9.80. The van der Waals surface area contributed by atoms with Crippen LogP contribution in [0.3, 0.4) is 0 Å². The van der Waals surface area contributed by atoms with Gasteiger partial charge < -0.3 is 9.84 Å². The molecule has 0 radical (unpaired) electrons. The Morgan fingerprint density at radius 3 is 2.48 bits per heavy atom. The topological polar surface area (TPSA) is 49.8 Å². The number of rotatable bonds is 9. The highest BCUT2D eigenvalue weighted by Crippen LogP contribution is 2.22. The molecule has 0 heterocycles. The van der Waals surface area contributed by atoms with E-state index in [1.54, 1.807) is 4.31 Å². The van der Waals surface area contributed by atoms with Crippen LogP contribution >= 0.6 is 11.9 Å². The first-order valence-electron chi connectivity index (χ1n) is 7.74. The summed E-state index contributed by atoms with van der Waals surface area (Å²) in [6.45, 7) is 9.48. The molecular weight excluding hydrogens is 286 g/mol. The van der Waals surface area contributed by atoms with Gasteiger partial charge in [0.15, 0.2) is 0 Å². The molecule has 1 N–H and O–H groups in total. The van der Waals surface area contributed by atoms with E-state index in [9.17, 15) is 9.90 Å². The van der Waals surface area contributed by atoms with Crippen molar-refractivity contribution in [3.63, 3.8) is 0 Å². The van der Waals surface area contributed by atoms with E-state index in [-0.39, 0.29) is 18.7 Å². The zero-order chi connectivity index (χ0) is 16.3. The van der Waals surface area contributed by atoms with Gasteiger partial charge in [-0.15, -0.1) is 0 Å². The van der Waals surface area contributed by atoms with Crippen molar-refractivity contribution >= 4 is 18.0 Å². The maximum Gasteiger partial charge on any atom is 0.421 e. The minimum absolute atomic E-state index is 0.106. The first-order valence-corrected chi connectivity index (χ1v) is 8.68. The van der Waals surface area contributed by atoms with Gasteiger partial charge in [0.05, 0.1) is 12.6 Å². The maximum atomic E-state index is 12.3. The number of unbranched alkanes of at least 4 members (excludes halogenated alkanes) is 3. The summed E-state index contributed by atoms with van der Waals surface area (Å²) >= 11 is 1.44. The number of hydrogen-bond acceptors (Lipinski definition) is 4. The summed E-state index contributed by atoms with van der Waals surface area (Å²) in [6.07, 6.45) is 7.91. The average Bonchev–Trinajstić information content (AvgIpc) is 2.39. The molecule has 0 bridgehead atoms. The van der Waals surface area contributed by atoms with Gasteiger partial charge in [0.25, 0.3) is 0 Å². The first-order chi connectivity index (χ1) is 9.85. The van der Waals surface area contributed by atoms with Crippen LogP contribution in [0.15, 0.2) is 12.2 Å². The van der Waals surface area contributed by atoms with Crippen molar-refractivity contribution in [3.05, 3.63) is 12.2 Å². The number of allylic oxidation sites excluding steroid dienone is 1. The molecule has 124 valence electrons. The number of ether oxygens (including phenoxy) is 1. The van der Waals surface area contributed by atoms with Gasteiger partial charge in [-0.1, -0.05) is 38.3 Å². The van der Waals surface area contributed by atoms with Crippen LogP contribution in [-0.4, -0.2) is 39.5 Å². The highest BCUT2D eigenvalue weighted by atomic mass is 32.2. The van der Waals surface area contributed by atoms with Crippen molar-refractivity contribution in [2.75, 3.05) is 12.4 Å².